The van der Waals surface area contributed by atoms with Crippen molar-refractivity contribution in [2.24, 2.45) is 0 Å². The molecule has 182 valence electrons. The number of nitrogens with one attached hydrogen (secondary N) is 1. The predicted octanol–water partition coefficient (Wildman–Crippen LogP) is 5.24. The second-order valence-corrected chi connectivity index (χ2v) is 9.80. The second kappa shape index (κ2) is 11.4. The van der Waals surface area contributed by atoms with E-state index in [4.69, 9.17) is 33.1 Å². The summed E-state index contributed by atoms with van der Waals surface area (Å²) in [6.07, 6.45) is -2.03. The van der Waals surface area contributed by atoms with Crippen LogP contribution in [0.4, 0.5) is 18.9 Å². The lowest BCUT2D eigenvalue weighted by Crippen LogP contribution is -2.27. The fourth-order valence-electron chi connectivity index (χ4n) is 3.28. The number of hydrogen-bond acceptors (Lipinski definition) is 4. The number of anilines is 1. The van der Waals surface area contributed by atoms with E-state index in [9.17, 15) is 21.6 Å². The van der Waals surface area contributed by atoms with Crippen LogP contribution in [0.5, 0.6) is 0 Å². The van der Waals surface area contributed by atoms with Gasteiger partial charge in [-0.3, -0.25) is 4.72 Å². The van der Waals surface area contributed by atoms with Crippen molar-refractivity contribution in [2.75, 3.05) is 24.4 Å². The fraction of sp³-hybridized carbons (Fsp3) is 0.381. The molecule has 2 aromatic carbocycles. The number of fused-ring (bicyclic) bond motifs is 1. The van der Waals surface area contributed by atoms with E-state index in [-0.39, 0.29) is 9.92 Å². The Balaban J connectivity index is 0.000000479. The van der Waals surface area contributed by atoms with Gasteiger partial charge in [-0.2, -0.15) is 13.2 Å². The summed E-state index contributed by atoms with van der Waals surface area (Å²) in [5.41, 5.74) is 3.04. The number of hydrogen-bond donors (Lipinski definition) is 2. The van der Waals surface area contributed by atoms with Crippen molar-refractivity contribution in [3.8, 4) is 0 Å². The smallest absolute Gasteiger partial charge is 0.475 e. The van der Waals surface area contributed by atoms with Crippen LogP contribution in [0.3, 0.4) is 0 Å². The van der Waals surface area contributed by atoms with E-state index in [1.807, 2.05) is 18.2 Å². The van der Waals surface area contributed by atoms with Crippen LogP contribution in [0, 0.1) is 0 Å². The van der Waals surface area contributed by atoms with Gasteiger partial charge in [0.05, 0.1) is 5.02 Å². The van der Waals surface area contributed by atoms with E-state index in [0.29, 0.717) is 10.7 Å². The highest BCUT2D eigenvalue weighted by Crippen LogP contribution is 2.28. The van der Waals surface area contributed by atoms with Crippen LogP contribution in [0.2, 0.25) is 10.0 Å². The summed E-state index contributed by atoms with van der Waals surface area (Å²) in [5, 5.41) is 7.63. The summed E-state index contributed by atoms with van der Waals surface area (Å²) in [4.78, 5) is 11.4. The maximum atomic E-state index is 12.7. The number of carboxylic acids is 1. The van der Waals surface area contributed by atoms with Gasteiger partial charge in [-0.15, -0.1) is 0 Å². The molecule has 2 N–H and O–H groups in total. The average Bonchev–Trinajstić information content (AvgIpc) is 2.89. The Hall–Kier alpha value is -2.01. The van der Waals surface area contributed by atoms with Gasteiger partial charge in [0, 0.05) is 23.8 Å². The summed E-state index contributed by atoms with van der Waals surface area (Å²) in [7, 11) is -3.77. The quantitative estimate of drug-likeness (QED) is 0.556. The van der Waals surface area contributed by atoms with E-state index < -0.39 is 22.2 Å². The molecule has 0 saturated carbocycles. The van der Waals surface area contributed by atoms with Crippen molar-refractivity contribution in [3.05, 3.63) is 57.6 Å². The van der Waals surface area contributed by atoms with Gasteiger partial charge in [-0.05, 0) is 67.3 Å². The number of alkyl halides is 3. The number of aliphatic carboxylic acids is 1. The lowest BCUT2D eigenvalue weighted by Gasteiger charge is -2.18. The third kappa shape index (κ3) is 8.06. The average molecular weight is 527 g/mol. The molecule has 0 saturated heterocycles. The Morgan fingerprint density at radius 1 is 1.09 bits per heavy atom. The maximum absolute atomic E-state index is 12.7. The van der Waals surface area contributed by atoms with Crippen LogP contribution in [0.25, 0.3) is 0 Å². The topological polar surface area (TPSA) is 86.7 Å². The lowest BCUT2D eigenvalue weighted by molar-refractivity contribution is -0.192. The highest BCUT2D eigenvalue weighted by Gasteiger charge is 2.38. The SMILES string of the molecule is CCCN1CCc2ccc(NS(=O)(=O)c3ccc(Cl)cc3Cl)cc2CC1.O=C(O)C(F)(F)F. The summed E-state index contributed by atoms with van der Waals surface area (Å²) >= 11 is 11.9. The Labute approximate surface area is 200 Å². The zero-order chi connectivity index (χ0) is 24.8. The molecule has 1 aliphatic heterocycles. The van der Waals surface area contributed by atoms with Crippen molar-refractivity contribution in [2.45, 2.75) is 37.3 Å². The Bertz CT molecular complexity index is 1100. The molecule has 0 aliphatic carbocycles. The molecule has 0 unspecified atom stereocenters. The Morgan fingerprint density at radius 3 is 2.24 bits per heavy atom. The molecule has 0 radical (unpaired) electrons. The van der Waals surface area contributed by atoms with Crippen LogP contribution >= 0.6 is 23.2 Å². The number of carbonyl (C=O) groups is 1. The molecule has 0 bridgehead atoms. The van der Waals surface area contributed by atoms with Gasteiger partial charge in [0.1, 0.15) is 4.90 Å². The first-order valence-corrected chi connectivity index (χ1v) is 12.2. The zero-order valence-electron chi connectivity index (χ0n) is 17.6. The molecule has 0 aromatic heterocycles. The van der Waals surface area contributed by atoms with Gasteiger partial charge in [-0.25, -0.2) is 13.2 Å². The maximum Gasteiger partial charge on any atom is 0.490 e. The molecule has 0 atom stereocenters. The number of carboxylic acid groups (broad SMARTS) is 1. The fourth-order valence-corrected chi connectivity index (χ4v) is 5.10. The normalized spacial score (nSPS) is 14.5. The molecule has 12 heteroatoms. The van der Waals surface area contributed by atoms with E-state index in [1.54, 1.807) is 0 Å². The summed E-state index contributed by atoms with van der Waals surface area (Å²) in [6.45, 7) is 5.34. The molecular formula is C21H23Cl2F3N2O4S. The molecule has 3 rings (SSSR count). The molecule has 0 spiro atoms. The molecule has 0 amide bonds. The number of halogens is 5. The molecule has 2 aromatic rings. The number of sulfonamides is 1. The van der Waals surface area contributed by atoms with E-state index >= 15 is 0 Å². The first-order valence-electron chi connectivity index (χ1n) is 9.95. The van der Waals surface area contributed by atoms with Gasteiger partial charge < -0.3 is 10.0 Å². The van der Waals surface area contributed by atoms with Crippen LogP contribution in [-0.2, 0) is 27.7 Å². The zero-order valence-corrected chi connectivity index (χ0v) is 20.0. The Kier molecular flexibility index (Phi) is 9.42. The second-order valence-electron chi connectivity index (χ2n) is 7.31. The number of rotatable bonds is 5. The minimum Gasteiger partial charge on any atom is -0.475 e. The van der Waals surface area contributed by atoms with Gasteiger partial charge in [0.25, 0.3) is 10.0 Å². The highest BCUT2D eigenvalue weighted by molar-refractivity contribution is 7.92. The van der Waals surface area contributed by atoms with Crippen molar-refractivity contribution in [3.63, 3.8) is 0 Å². The molecule has 6 nitrogen and oxygen atoms in total. The first-order chi connectivity index (χ1) is 15.3. The number of nitrogens with zero attached hydrogens (tertiary/aromatic N) is 1. The lowest BCUT2D eigenvalue weighted by atomic mass is 10.0. The van der Waals surface area contributed by atoms with E-state index in [1.165, 1.54) is 29.3 Å². The van der Waals surface area contributed by atoms with Crippen molar-refractivity contribution < 1.29 is 31.5 Å². The summed E-state index contributed by atoms with van der Waals surface area (Å²) < 4.78 is 59.7. The van der Waals surface area contributed by atoms with Crippen molar-refractivity contribution >= 4 is 44.9 Å². The Morgan fingerprint density at radius 2 is 1.70 bits per heavy atom. The standard InChI is InChI=1S/C19H22Cl2N2O2S.C2HF3O2/c1-2-9-23-10-7-14-3-5-17(12-15(14)8-11-23)22-26(24,25)19-6-4-16(20)13-18(19)21;3-2(4,5)1(6)7/h3-6,12-13,22H,2,7-11H2,1H3;(H,6,7). The van der Waals surface area contributed by atoms with Crippen LogP contribution in [0.1, 0.15) is 24.5 Å². The molecule has 0 fully saturated rings. The molecule has 1 heterocycles. The number of benzene rings is 2. The molecule has 33 heavy (non-hydrogen) atoms. The first kappa shape index (κ1) is 27.2. The van der Waals surface area contributed by atoms with Crippen LogP contribution < -0.4 is 4.72 Å². The molecular weight excluding hydrogens is 504 g/mol. The van der Waals surface area contributed by atoms with Crippen LogP contribution in [-0.4, -0.2) is 50.2 Å². The summed E-state index contributed by atoms with van der Waals surface area (Å²) in [6, 6.07) is 10.1. The largest absolute Gasteiger partial charge is 0.490 e. The minimum absolute atomic E-state index is 0.0210. The highest BCUT2D eigenvalue weighted by atomic mass is 35.5. The summed E-state index contributed by atoms with van der Waals surface area (Å²) in [5.74, 6) is -2.76. The van der Waals surface area contributed by atoms with Crippen LogP contribution in [0.15, 0.2) is 41.3 Å². The van der Waals surface area contributed by atoms with Crippen molar-refractivity contribution in [1.29, 1.82) is 0 Å². The third-order valence-electron chi connectivity index (χ3n) is 4.82. The molecule has 1 aliphatic rings. The van der Waals surface area contributed by atoms with E-state index in [2.05, 4.69) is 16.5 Å². The van der Waals surface area contributed by atoms with Gasteiger partial charge in [-0.1, -0.05) is 36.2 Å². The minimum atomic E-state index is -5.08. The van der Waals surface area contributed by atoms with E-state index in [0.717, 1.165) is 38.9 Å². The van der Waals surface area contributed by atoms with Crippen molar-refractivity contribution in [1.82, 2.24) is 4.90 Å². The monoisotopic (exact) mass is 526 g/mol. The van der Waals surface area contributed by atoms with Gasteiger partial charge in [0.2, 0.25) is 0 Å². The van der Waals surface area contributed by atoms with Gasteiger partial charge in [0.15, 0.2) is 0 Å². The predicted molar refractivity (Wildman–Crippen MR) is 122 cm³/mol. The third-order valence-corrected chi connectivity index (χ3v) is 6.92. The van der Waals surface area contributed by atoms with Gasteiger partial charge >= 0.3 is 12.1 Å².